The summed E-state index contributed by atoms with van der Waals surface area (Å²) in [6, 6.07) is 7.67. The lowest BCUT2D eigenvalue weighted by Crippen LogP contribution is -2.43. The number of carbonyl (C=O) groups is 1. The van der Waals surface area contributed by atoms with Crippen molar-refractivity contribution in [1.82, 2.24) is 10.2 Å². The molecule has 1 fully saturated rings. The first-order chi connectivity index (χ1) is 9.70. The maximum atomic E-state index is 12.3. The minimum atomic E-state index is 0.218. The summed E-state index contributed by atoms with van der Waals surface area (Å²) in [7, 11) is 1.97. The number of amides is 1. The Balaban J connectivity index is 1.84. The van der Waals surface area contributed by atoms with Gasteiger partial charge in [0.2, 0.25) is 5.91 Å². The molecule has 0 bridgehead atoms. The third-order valence-electron chi connectivity index (χ3n) is 3.55. The molecule has 1 saturated heterocycles. The average Bonchev–Trinajstić information content (AvgIpc) is 2.47. The van der Waals surface area contributed by atoms with Crippen molar-refractivity contribution in [1.29, 1.82) is 0 Å². The molecule has 110 valence electrons. The number of hydrogen-bond acceptors (Lipinski definition) is 3. The van der Waals surface area contributed by atoms with E-state index in [1.54, 1.807) is 0 Å². The highest BCUT2D eigenvalue weighted by atomic mass is 35.5. The van der Waals surface area contributed by atoms with E-state index in [-0.39, 0.29) is 5.91 Å². The fourth-order valence-corrected chi connectivity index (χ4v) is 3.68. The summed E-state index contributed by atoms with van der Waals surface area (Å²) in [4.78, 5) is 15.2. The van der Waals surface area contributed by atoms with Crippen LogP contribution in [0.4, 0.5) is 0 Å². The van der Waals surface area contributed by atoms with Crippen LogP contribution in [-0.2, 0) is 4.79 Å². The maximum Gasteiger partial charge on any atom is 0.232 e. The van der Waals surface area contributed by atoms with Gasteiger partial charge in [-0.15, -0.1) is 11.8 Å². The number of piperidine rings is 1. The average molecular weight is 313 g/mol. The molecule has 1 aromatic carbocycles. The summed E-state index contributed by atoms with van der Waals surface area (Å²) in [6.07, 6.45) is 2.32. The number of nitrogens with zero attached hydrogens (tertiary/aromatic N) is 1. The van der Waals surface area contributed by atoms with Gasteiger partial charge in [-0.25, -0.2) is 0 Å². The second-order valence-electron chi connectivity index (χ2n) is 5.12. The van der Waals surface area contributed by atoms with Gasteiger partial charge in [0.15, 0.2) is 0 Å². The monoisotopic (exact) mass is 312 g/mol. The SMILES string of the molecule is CNCC1CCCN(C(=O)CSc2ccccc2Cl)C1. The molecule has 1 atom stereocenters. The van der Waals surface area contributed by atoms with Crippen LogP contribution in [0.25, 0.3) is 0 Å². The third kappa shape index (κ3) is 4.40. The van der Waals surface area contributed by atoms with E-state index in [0.717, 1.165) is 36.0 Å². The third-order valence-corrected chi connectivity index (χ3v) is 5.05. The van der Waals surface area contributed by atoms with Crippen LogP contribution < -0.4 is 5.32 Å². The molecule has 0 radical (unpaired) electrons. The molecule has 20 heavy (non-hydrogen) atoms. The molecular formula is C15H21ClN2OS. The molecule has 1 N–H and O–H groups in total. The van der Waals surface area contributed by atoms with Crippen LogP contribution in [0.5, 0.6) is 0 Å². The van der Waals surface area contributed by atoms with Crippen molar-refractivity contribution < 1.29 is 4.79 Å². The lowest BCUT2D eigenvalue weighted by Gasteiger charge is -2.32. The van der Waals surface area contributed by atoms with Crippen molar-refractivity contribution in [3.63, 3.8) is 0 Å². The molecule has 1 aliphatic rings. The topological polar surface area (TPSA) is 32.3 Å². The van der Waals surface area contributed by atoms with Crippen LogP contribution in [0, 0.1) is 5.92 Å². The van der Waals surface area contributed by atoms with Gasteiger partial charge >= 0.3 is 0 Å². The van der Waals surface area contributed by atoms with Crippen LogP contribution in [-0.4, -0.2) is 43.2 Å². The van der Waals surface area contributed by atoms with E-state index >= 15 is 0 Å². The minimum Gasteiger partial charge on any atom is -0.342 e. The molecule has 2 rings (SSSR count). The van der Waals surface area contributed by atoms with E-state index in [0.29, 0.717) is 11.7 Å². The van der Waals surface area contributed by atoms with E-state index in [4.69, 9.17) is 11.6 Å². The molecule has 0 spiro atoms. The van der Waals surface area contributed by atoms with Crippen LogP contribution in [0.15, 0.2) is 29.2 Å². The van der Waals surface area contributed by atoms with Crippen molar-refractivity contribution in [2.75, 3.05) is 32.4 Å². The highest BCUT2D eigenvalue weighted by Gasteiger charge is 2.23. The lowest BCUT2D eigenvalue weighted by atomic mass is 9.98. The Morgan fingerprint density at radius 3 is 3.05 bits per heavy atom. The molecule has 0 aromatic heterocycles. The number of benzene rings is 1. The van der Waals surface area contributed by atoms with Gasteiger partial charge in [0.25, 0.3) is 0 Å². The second kappa shape index (κ2) is 7.91. The number of nitrogens with one attached hydrogen (secondary N) is 1. The van der Waals surface area contributed by atoms with Gasteiger partial charge in [0.05, 0.1) is 10.8 Å². The highest BCUT2D eigenvalue weighted by Crippen LogP contribution is 2.27. The predicted octanol–water partition coefficient (Wildman–Crippen LogP) is 2.89. The Morgan fingerprint density at radius 1 is 1.50 bits per heavy atom. The Bertz CT molecular complexity index is 453. The summed E-state index contributed by atoms with van der Waals surface area (Å²) >= 11 is 7.63. The molecule has 1 amide bonds. The van der Waals surface area contributed by atoms with Crippen LogP contribution in [0.1, 0.15) is 12.8 Å². The standard InChI is InChI=1S/C15H21ClN2OS/c1-17-9-12-5-4-8-18(10-12)15(19)11-20-14-7-3-2-6-13(14)16/h2-3,6-7,12,17H,4-5,8-11H2,1H3. The molecule has 0 saturated carbocycles. The molecule has 1 aromatic rings. The lowest BCUT2D eigenvalue weighted by molar-refractivity contribution is -0.130. The van der Waals surface area contributed by atoms with Crippen molar-refractivity contribution in [2.24, 2.45) is 5.92 Å². The van der Waals surface area contributed by atoms with E-state index < -0.39 is 0 Å². The fourth-order valence-electron chi connectivity index (χ4n) is 2.54. The molecule has 5 heteroatoms. The Hall–Kier alpha value is -0.710. The summed E-state index contributed by atoms with van der Waals surface area (Å²) < 4.78 is 0. The van der Waals surface area contributed by atoms with Crippen LogP contribution >= 0.6 is 23.4 Å². The Morgan fingerprint density at radius 2 is 2.30 bits per heavy atom. The van der Waals surface area contributed by atoms with Crippen molar-refractivity contribution in [2.45, 2.75) is 17.7 Å². The minimum absolute atomic E-state index is 0.218. The normalized spacial score (nSPS) is 19.1. The summed E-state index contributed by atoms with van der Waals surface area (Å²) in [5.74, 6) is 1.27. The first-order valence-corrected chi connectivity index (χ1v) is 8.36. The van der Waals surface area contributed by atoms with Gasteiger partial charge in [-0.2, -0.15) is 0 Å². The van der Waals surface area contributed by atoms with Gasteiger partial charge in [0.1, 0.15) is 0 Å². The van der Waals surface area contributed by atoms with E-state index in [1.807, 2.05) is 36.2 Å². The zero-order valence-electron chi connectivity index (χ0n) is 11.8. The quantitative estimate of drug-likeness (QED) is 0.849. The highest BCUT2D eigenvalue weighted by molar-refractivity contribution is 8.00. The Labute approximate surface area is 130 Å². The van der Waals surface area contributed by atoms with E-state index in [2.05, 4.69) is 5.32 Å². The van der Waals surface area contributed by atoms with Crippen molar-refractivity contribution >= 4 is 29.3 Å². The number of hydrogen-bond donors (Lipinski definition) is 1. The zero-order chi connectivity index (χ0) is 14.4. The molecule has 1 unspecified atom stereocenters. The second-order valence-corrected chi connectivity index (χ2v) is 6.55. The van der Waals surface area contributed by atoms with Crippen molar-refractivity contribution in [3.05, 3.63) is 29.3 Å². The molecular weight excluding hydrogens is 292 g/mol. The van der Waals surface area contributed by atoms with Crippen LogP contribution in [0.2, 0.25) is 5.02 Å². The number of likely N-dealkylation sites (tertiary alicyclic amines) is 1. The van der Waals surface area contributed by atoms with Gasteiger partial charge in [-0.3, -0.25) is 4.79 Å². The predicted molar refractivity (Wildman–Crippen MR) is 85.4 cm³/mol. The summed E-state index contributed by atoms with van der Waals surface area (Å²) in [5, 5.41) is 3.92. The summed E-state index contributed by atoms with van der Waals surface area (Å²) in [5.41, 5.74) is 0. The number of carbonyl (C=O) groups excluding carboxylic acids is 1. The van der Waals surface area contributed by atoms with Gasteiger partial charge < -0.3 is 10.2 Å². The maximum absolute atomic E-state index is 12.3. The van der Waals surface area contributed by atoms with Gasteiger partial charge in [-0.1, -0.05) is 23.7 Å². The number of thioether (sulfide) groups is 1. The molecule has 3 nitrogen and oxygen atoms in total. The smallest absolute Gasteiger partial charge is 0.232 e. The fraction of sp³-hybridized carbons (Fsp3) is 0.533. The molecule has 1 heterocycles. The van der Waals surface area contributed by atoms with Crippen LogP contribution in [0.3, 0.4) is 0 Å². The largest absolute Gasteiger partial charge is 0.342 e. The molecule has 1 aliphatic heterocycles. The van der Waals surface area contributed by atoms with Crippen molar-refractivity contribution in [3.8, 4) is 0 Å². The van der Waals surface area contributed by atoms with Gasteiger partial charge in [-0.05, 0) is 44.5 Å². The van der Waals surface area contributed by atoms with E-state index in [1.165, 1.54) is 18.2 Å². The Kier molecular flexibility index (Phi) is 6.20. The van der Waals surface area contributed by atoms with E-state index in [9.17, 15) is 4.79 Å². The first kappa shape index (κ1) is 15.7. The first-order valence-electron chi connectivity index (χ1n) is 7.00. The van der Waals surface area contributed by atoms with Gasteiger partial charge in [0, 0.05) is 18.0 Å². The number of rotatable bonds is 5. The summed E-state index contributed by atoms with van der Waals surface area (Å²) in [6.45, 7) is 2.76. The molecule has 0 aliphatic carbocycles. The number of halogens is 1. The zero-order valence-corrected chi connectivity index (χ0v) is 13.3.